The highest BCUT2D eigenvalue weighted by Gasteiger charge is 2.16. The number of anilines is 6. The quantitative estimate of drug-likeness (QED) is 0.177. The lowest BCUT2D eigenvalue weighted by Gasteiger charge is -2.28. The standard InChI is InChI=1S/C34H32N2O4/c1-25(37)39-33-21-17-31(18-22-33)36(32-19-23-34(24-20-32)40-26(2)38)30-15-13-29(14-16-30)35(27-9-5-3-6-10-27)28-11-7-4-8-12-28/h3-26,37-38H,1-2H3. The van der Waals surface area contributed by atoms with E-state index in [1.165, 1.54) is 0 Å². The summed E-state index contributed by atoms with van der Waals surface area (Å²) in [5.41, 5.74) is 5.96. The van der Waals surface area contributed by atoms with Crippen molar-refractivity contribution in [3.63, 3.8) is 0 Å². The third kappa shape index (κ3) is 6.43. The molecule has 6 heteroatoms. The minimum Gasteiger partial charge on any atom is -0.465 e. The van der Waals surface area contributed by atoms with Gasteiger partial charge in [-0.1, -0.05) is 36.4 Å². The zero-order chi connectivity index (χ0) is 27.9. The van der Waals surface area contributed by atoms with Crippen LogP contribution in [-0.2, 0) is 0 Å². The average Bonchev–Trinajstić information content (AvgIpc) is 2.97. The van der Waals surface area contributed by atoms with Crippen LogP contribution in [0.5, 0.6) is 11.5 Å². The second-order valence-electron chi connectivity index (χ2n) is 9.28. The summed E-state index contributed by atoms with van der Waals surface area (Å²) in [7, 11) is 0. The maximum absolute atomic E-state index is 9.60. The maximum Gasteiger partial charge on any atom is 0.194 e. The van der Waals surface area contributed by atoms with E-state index in [9.17, 15) is 10.2 Å². The van der Waals surface area contributed by atoms with Crippen LogP contribution in [0.1, 0.15) is 13.8 Å². The number of hydrogen-bond acceptors (Lipinski definition) is 6. The van der Waals surface area contributed by atoms with E-state index in [4.69, 9.17) is 9.47 Å². The number of nitrogens with zero attached hydrogens (tertiary/aromatic N) is 2. The smallest absolute Gasteiger partial charge is 0.194 e. The highest BCUT2D eigenvalue weighted by molar-refractivity contribution is 5.81. The van der Waals surface area contributed by atoms with Crippen molar-refractivity contribution in [3.05, 3.63) is 133 Å². The number of para-hydroxylation sites is 2. The highest BCUT2D eigenvalue weighted by Crippen LogP contribution is 2.39. The van der Waals surface area contributed by atoms with Gasteiger partial charge in [-0.05, 0) is 111 Å². The molecule has 0 amide bonds. The third-order valence-corrected chi connectivity index (χ3v) is 6.20. The molecule has 0 fully saturated rings. The summed E-state index contributed by atoms with van der Waals surface area (Å²) in [6.45, 7) is 3.15. The molecule has 0 bridgehead atoms. The molecule has 0 saturated heterocycles. The normalized spacial score (nSPS) is 12.3. The number of rotatable bonds is 10. The van der Waals surface area contributed by atoms with Gasteiger partial charge in [0.15, 0.2) is 12.6 Å². The molecule has 2 unspecified atom stereocenters. The first-order chi connectivity index (χ1) is 19.5. The van der Waals surface area contributed by atoms with Crippen molar-refractivity contribution in [1.82, 2.24) is 0 Å². The summed E-state index contributed by atoms with van der Waals surface area (Å²) in [4.78, 5) is 4.34. The molecule has 0 aromatic heterocycles. The molecule has 5 aromatic carbocycles. The van der Waals surface area contributed by atoms with E-state index in [-0.39, 0.29) is 0 Å². The van der Waals surface area contributed by atoms with Crippen LogP contribution in [0.4, 0.5) is 34.1 Å². The van der Waals surface area contributed by atoms with E-state index >= 15 is 0 Å². The van der Waals surface area contributed by atoms with Crippen LogP contribution in [0.2, 0.25) is 0 Å². The van der Waals surface area contributed by atoms with Gasteiger partial charge in [0.1, 0.15) is 11.5 Å². The molecule has 2 atom stereocenters. The Labute approximate surface area is 234 Å². The molecule has 0 saturated carbocycles. The number of hydrogen-bond donors (Lipinski definition) is 2. The minimum absolute atomic E-state index is 0.580. The van der Waals surface area contributed by atoms with E-state index < -0.39 is 12.6 Å². The first-order valence-corrected chi connectivity index (χ1v) is 13.2. The van der Waals surface area contributed by atoms with Gasteiger partial charge in [-0.15, -0.1) is 0 Å². The van der Waals surface area contributed by atoms with Gasteiger partial charge < -0.3 is 29.5 Å². The van der Waals surface area contributed by atoms with Crippen molar-refractivity contribution in [3.8, 4) is 11.5 Å². The van der Waals surface area contributed by atoms with Crippen LogP contribution >= 0.6 is 0 Å². The number of ether oxygens (including phenoxy) is 2. The van der Waals surface area contributed by atoms with Crippen LogP contribution < -0.4 is 19.3 Å². The van der Waals surface area contributed by atoms with Gasteiger partial charge in [-0.2, -0.15) is 0 Å². The summed E-state index contributed by atoms with van der Waals surface area (Å²) < 4.78 is 10.9. The summed E-state index contributed by atoms with van der Waals surface area (Å²) in [6, 6.07) is 44.1. The Morgan fingerprint density at radius 1 is 0.400 bits per heavy atom. The molecule has 0 spiro atoms. The number of aliphatic hydroxyl groups excluding tert-OH is 2. The van der Waals surface area contributed by atoms with E-state index in [0.717, 1.165) is 34.1 Å². The molecule has 5 rings (SSSR count). The van der Waals surface area contributed by atoms with Gasteiger partial charge in [0.2, 0.25) is 0 Å². The number of benzene rings is 5. The van der Waals surface area contributed by atoms with Gasteiger partial charge in [-0.3, -0.25) is 0 Å². The van der Waals surface area contributed by atoms with Crippen LogP contribution in [0.15, 0.2) is 133 Å². The average molecular weight is 533 g/mol. The maximum atomic E-state index is 9.60. The van der Waals surface area contributed by atoms with E-state index in [1.54, 1.807) is 13.8 Å². The molecular weight excluding hydrogens is 500 g/mol. The van der Waals surface area contributed by atoms with Crippen molar-refractivity contribution in [2.75, 3.05) is 9.80 Å². The SMILES string of the molecule is CC(O)Oc1ccc(N(c2ccc(OC(C)O)cc2)c2ccc(N(c3ccccc3)c3ccccc3)cc2)cc1. The van der Waals surface area contributed by atoms with Gasteiger partial charge in [0.25, 0.3) is 0 Å². The van der Waals surface area contributed by atoms with Gasteiger partial charge in [-0.25, -0.2) is 0 Å². The van der Waals surface area contributed by atoms with Crippen LogP contribution in [0.25, 0.3) is 0 Å². The molecule has 0 aliphatic heterocycles. The molecule has 2 N–H and O–H groups in total. The van der Waals surface area contributed by atoms with Crippen LogP contribution in [0.3, 0.4) is 0 Å². The van der Waals surface area contributed by atoms with E-state index in [0.29, 0.717) is 11.5 Å². The Bertz CT molecular complexity index is 1380. The predicted octanol–water partition coefficient (Wildman–Crippen LogP) is 8.06. The summed E-state index contributed by atoms with van der Waals surface area (Å²) in [5.74, 6) is 1.16. The molecule has 40 heavy (non-hydrogen) atoms. The topological polar surface area (TPSA) is 65.4 Å². The molecule has 0 aliphatic carbocycles. The lowest BCUT2D eigenvalue weighted by Crippen LogP contribution is -2.13. The zero-order valence-electron chi connectivity index (χ0n) is 22.5. The first-order valence-electron chi connectivity index (χ1n) is 13.2. The molecule has 0 radical (unpaired) electrons. The Hall–Kier alpha value is -4.78. The largest absolute Gasteiger partial charge is 0.465 e. The highest BCUT2D eigenvalue weighted by atomic mass is 16.6. The Morgan fingerprint density at radius 2 is 0.650 bits per heavy atom. The lowest BCUT2D eigenvalue weighted by molar-refractivity contribution is -0.000859. The second-order valence-corrected chi connectivity index (χ2v) is 9.28. The number of aliphatic hydroxyl groups is 2. The van der Waals surface area contributed by atoms with Crippen molar-refractivity contribution in [2.24, 2.45) is 0 Å². The van der Waals surface area contributed by atoms with Crippen molar-refractivity contribution >= 4 is 34.1 Å². The Kier molecular flexibility index (Phi) is 8.30. The Morgan fingerprint density at radius 3 is 0.925 bits per heavy atom. The molecule has 0 aliphatic rings. The van der Waals surface area contributed by atoms with Crippen molar-refractivity contribution in [1.29, 1.82) is 0 Å². The Balaban J connectivity index is 1.53. The molecule has 202 valence electrons. The summed E-state index contributed by atoms with van der Waals surface area (Å²) in [5, 5.41) is 19.2. The van der Waals surface area contributed by atoms with Crippen molar-refractivity contribution < 1.29 is 19.7 Å². The second kappa shape index (κ2) is 12.4. The third-order valence-electron chi connectivity index (χ3n) is 6.20. The van der Waals surface area contributed by atoms with Crippen LogP contribution in [-0.4, -0.2) is 22.8 Å². The first kappa shape index (κ1) is 26.8. The van der Waals surface area contributed by atoms with Gasteiger partial charge in [0.05, 0.1) is 0 Å². The van der Waals surface area contributed by atoms with Gasteiger partial charge >= 0.3 is 0 Å². The lowest BCUT2D eigenvalue weighted by atomic mass is 10.1. The fraction of sp³-hybridized carbons (Fsp3) is 0.118. The summed E-state index contributed by atoms with van der Waals surface area (Å²) >= 11 is 0. The van der Waals surface area contributed by atoms with Crippen molar-refractivity contribution in [2.45, 2.75) is 26.4 Å². The van der Waals surface area contributed by atoms with E-state index in [1.807, 2.05) is 84.9 Å². The fourth-order valence-corrected chi connectivity index (χ4v) is 4.54. The minimum atomic E-state index is -0.895. The van der Waals surface area contributed by atoms with Gasteiger partial charge in [0, 0.05) is 34.1 Å². The predicted molar refractivity (Wildman–Crippen MR) is 160 cm³/mol. The van der Waals surface area contributed by atoms with Crippen LogP contribution in [0, 0.1) is 0 Å². The molecule has 5 aromatic rings. The zero-order valence-corrected chi connectivity index (χ0v) is 22.5. The molecular formula is C34H32N2O4. The molecule has 6 nitrogen and oxygen atoms in total. The fourth-order valence-electron chi connectivity index (χ4n) is 4.54. The molecule has 0 heterocycles. The monoisotopic (exact) mass is 532 g/mol. The van der Waals surface area contributed by atoms with E-state index in [2.05, 4.69) is 58.3 Å². The summed E-state index contributed by atoms with van der Waals surface area (Å²) in [6.07, 6.45) is -1.79.